The molecule has 0 fully saturated rings. The number of hydrogen-bond donors (Lipinski definition) is 2. The molecule has 0 radical (unpaired) electrons. The van der Waals surface area contributed by atoms with Gasteiger partial charge in [-0.3, -0.25) is 4.79 Å². The van der Waals surface area contributed by atoms with Gasteiger partial charge in [0.25, 0.3) is 0 Å². The number of benzene rings is 2. The number of carbonyl (C=O) groups excluding carboxylic acids is 2. The van der Waals surface area contributed by atoms with Gasteiger partial charge in [-0.1, -0.05) is 51.1 Å². The monoisotopic (exact) mass is 465 g/mol. The van der Waals surface area contributed by atoms with Crippen LogP contribution in [0, 0.1) is 12.7 Å². The van der Waals surface area contributed by atoms with Gasteiger partial charge in [0.2, 0.25) is 5.91 Å². The van der Waals surface area contributed by atoms with E-state index < -0.39 is 11.8 Å². The molecule has 3 aromatic rings. The summed E-state index contributed by atoms with van der Waals surface area (Å²) in [6, 6.07) is 14.7. The van der Waals surface area contributed by atoms with Gasteiger partial charge >= 0.3 is 6.03 Å². The smallest absolute Gasteiger partial charge is 0.313 e. The average Bonchev–Trinajstić information content (AvgIpc) is 3.17. The van der Waals surface area contributed by atoms with Crippen molar-refractivity contribution in [1.29, 1.82) is 0 Å². The SMILES string of the molecule is Cc1ccccc1-n1nc(C(C)(C)C)cc1NC(=O)CN(C(=O)Nc1ccccc1F)C(C)C. The van der Waals surface area contributed by atoms with Gasteiger partial charge < -0.3 is 15.5 Å². The molecule has 0 aliphatic rings. The van der Waals surface area contributed by atoms with E-state index in [0.717, 1.165) is 16.9 Å². The van der Waals surface area contributed by atoms with Crippen LogP contribution in [0.25, 0.3) is 5.69 Å². The molecular formula is C26H32FN5O2. The molecule has 0 bridgehead atoms. The van der Waals surface area contributed by atoms with E-state index in [9.17, 15) is 14.0 Å². The van der Waals surface area contributed by atoms with Crippen molar-refractivity contribution in [2.24, 2.45) is 0 Å². The molecule has 0 spiro atoms. The molecule has 2 aromatic carbocycles. The van der Waals surface area contributed by atoms with Crippen molar-refractivity contribution < 1.29 is 14.0 Å². The summed E-state index contributed by atoms with van der Waals surface area (Å²) in [5, 5.41) is 10.2. The molecule has 0 saturated heterocycles. The van der Waals surface area contributed by atoms with Crippen molar-refractivity contribution in [3.8, 4) is 5.69 Å². The highest BCUT2D eigenvalue weighted by Crippen LogP contribution is 2.27. The van der Waals surface area contributed by atoms with Crippen molar-refractivity contribution in [3.05, 3.63) is 71.7 Å². The average molecular weight is 466 g/mol. The number of anilines is 2. The van der Waals surface area contributed by atoms with E-state index in [-0.39, 0.29) is 29.6 Å². The van der Waals surface area contributed by atoms with Crippen molar-refractivity contribution in [2.75, 3.05) is 17.2 Å². The summed E-state index contributed by atoms with van der Waals surface area (Å²) in [5.41, 5.74) is 2.52. The van der Waals surface area contributed by atoms with E-state index in [0.29, 0.717) is 5.82 Å². The van der Waals surface area contributed by atoms with Gasteiger partial charge in [0.15, 0.2) is 0 Å². The van der Waals surface area contributed by atoms with E-state index in [1.807, 2.05) is 37.3 Å². The summed E-state index contributed by atoms with van der Waals surface area (Å²) in [6.45, 7) is 11.5. The van der Waals surface area contributed by atoms with Crippen LogP contribution in [0.3, 0.4) is 0 Å². The molecular weight excluding hydrogens is 433 g/mol. The molecule has 3 rings (SSSR count). The van der Waals surface area contributed by atoms with Gasteiger partial charge in [0, 0.05) is 17.5 Å². The fraction of sp³-hybridized carbons (Fsp3) is 0.346. The fourth-order valence-corrected chi connectivity index (χ4v) is 3.40. The van der Waals surface area contributed by atoms with Gasteiger partial charge in [0.1, 0.15) is 18.2 Å². The highest BCUT2D eigenvalue weighted by molar-refractivity contribution is 5.97. The Balaban J connectivity index is 1.83. The van der Waals surface area contributed by atoms with Crippen LogP contribution in [-0.2, 0) is 10.2 Å². The lowest BCUT2D eigenvalue weighted by atomic mass is 9.92. The fourth-order valence-electron chi connectivity index (χ4n) is 3.40. The number of rotatable bonds is 6. The number of hydrogen-bond acceptors (Lipinski definition) is 3. The van der Waals surface area contributed by atoms with E-state index in [1.165, 1.54) is 17.0 Å². The first-order chi connectivity index (χ1) is 16.0. The molecule has 180 valence electrons. The molecule has 1 heterocycles. The minimum atomic E-state index is -0.557. The van der Waals surface area contributed by atoms with Crippen LogP contribution < -0.4 is 10.6 Å². The molecule has 7 nitrogen and oxygen atoms in total. The van der Waals surface area contributed by atoms with Gasteiger partial charge in [-0.2, -0.15) is 5.10 Å². The predicted molar refractivity (Wildman–Crippen MR) is 133 cm³/mol. The van der Waals surface area contributed by atoms with E-state index in [2.05, 4.69) is 31.4 Å². The van der Waals surface area contributed by atoms with Crippen LogP contribution >= 0.6 is 0 Å². The van der Waals surface area contributed by atoms with E-state index >= 15 is 0 Å². The van der Waals surface area contributed by atoms with Gasteiger partial charge in [0.05, 0.1) is 17.1 Å². The molecule has 0 saturated carbocycles. The zero-order valence-corrected chi connectivity index (χ0v) is 20.5. The number of aryl methyl sites for hydroxylation is 1. The highest BCUT2D eigenvalue weighted by Gasteiger charge is 2.25. The van der Waals surface area contributed by atoms with Crippen LogP contribution in [0.5, 0.6) is 0 Å². The standard InChI is InChI=1S/C26H32FN5O2/c1-17(2)31(25(34)28-20-13-9-8-12-19(20)27)16-24(33)29-23-15-22(26(4,5)6)30-32(23)21-14-10-7-11-18(21)3/h7-15,17H,16H2,1-6H3,(H,28,34)(H,29,33). The topological polar surface area (TPSA) is 79.3 Å². The summed E-state index contributed by atoms with van der Waals surface area (Å²) in [4.78, 5) is 27.2. The van der Waals surface area contributed by atoms with Crippen LogP contribution in [0.15, 0.2) is 54.6 Å². The first-order valence-corrected chi connectivity index (χ1v) is 11.3. The Bertz CT molecular complexity index is 1180. The molecule has 34 heavy (non-hydrogen) atoms. The summed E-state index contributed by atoms with van der Waals surface area (Å²) in [6.07, 6.45) is 0. The first-order valence-electron chi connectivity index (χ1n) is 11.3. The number of urea groups is 1. The van der Waals surface area contributed by atoms with Crippen molar-refractivity contribution in [3.63, 3.8) is 0 Å². The number of amides is 3. The second-order valence-corrected chi connectivity index (χ2v) is 9.54. The number of carbonyl (C=O) groups is 2. The largest absolute Gasteiger partial charge is 0.322 e. The molecule has 0 unspecified atom stereocenters. The molecule has 2 N–H and O–H groups in total. The molecule has 0 aliphatic carbocycles. The summed E-state index contributed by atoms with van der Waals surface area (Å²) < 4.78 is 15.7. The lowest BCUT2D eigenvalue weighted by Gasteiger charge is -2.26. The second-order valence-electron chi connectivity index (χ2n) is 9.54. The molecule has 1 aromatic heterocycles. The Hall–Kier alpha value is -3.68. The second kappa shape index (κ2) is 10.1. The van der Waals surface area contributed by atoms with Crippen LogP contribution in [0.2, 0.25) is 0 Å². The minimum absolute atomic E-state index is 0.0611. The van der Waals surface area contributed by atoms with Crippen molar-refractivity contribution >= 4 is 23.4 Å². The molecule has 8 heteroatoms. The van der Waals surface area contributed by atoms with Gasteiger partial charge in [-0.25, -0.2) is 13.9 Å². The van der Waals surface area contributed by atoms with Gasteiger partial charge in [-0.15, -0.1) is 0 Å². The van der Waals surface area contributed by atoms with Crippen LogP contribution in [0.4, 0.5) is 20.7 Å². The van der Waals surface area contributed by atoms with Crippen molar-refractivity contribution in [2.45, 2.75) is 53.0 Å². The summed E-state index contributed by atoms with van der Waals surface area (Å²) >= 11 is 0. The first kappa shape index (κ1) is 25.0. The van der Waals surface area contributed by atoms with E-state index in [1.54, 1.807) is 30.7 Å². The van der Waals surface area contributed by atoms with Gasteiger partial charge in [-0.05, 0) is 44.5 Å². The third-order valence-electron chi connectivity index (χ3n) is 5.40. The Morgan fingerprint density at radius 1 is 1.06 bits per heavy atom. The number of halogens is 1. The van der Waals surface area contributed by atoms with E-state index in [4.69, 9.17) is 5.10 Å². The zero-order valence-electron chi connectivity index (χ0n) is 20.5. The third kappa shape index (κ3) is 5.81. The maximum absolute atomic E-state index is 14.0. The molecule has 0 atom stereocenters. The Labute approximate surface area is 200 Å². The summed E-state index contributed by atoms with van der Waals surface area (Å²) in [5.74, 6) is -0.407. The predicted octanol–water partition coefficient (Wildman–Crippen LogP) is 5.50. The lowest BCUT2D eigenvalue weighted by molar-refractivity contribution is -0.117. The quantitative estimate of drug-likeness (QED) is 0.505. The minimum Gasteiger partial charge on any atom is -0.313 e. The Kier molecular flexibility index (Phi) is 7.39. The highest BCUT2D eigenvalue weighted by atomic mass is 19.1. The zero-order chi connectivity index (χ0) is 25.0. The van der Waals surface area contributed by atoms with Crippen LogP contribution in [0.1, 0.15) is 45.9 Å². The van der Waals surface area contributed by atoms with Crippen molar-refractivity contribution in [1.82, 2.24) is 14.7 Å². The molecule has 0 aliphatic heterocycles. The Morgan fingerprint density at radius 3 is 2.32 bits per heavy atom. The molecule has 3 amide bonds. The lowest BCUT2D eigenvalue weighted by Crippen LogP contribution is -2.44. The number of nitrogens with one attached hydrogen (secondary N) is 2. The Morgan fingerprint density at radius 2 is 1.71 bits per heavy atom. The van der Waals surface area contributed by atoms with Crippen LogP contribution in [-0.4, -0.2) is 39.2 Å². The number of para-hydroxylation sites is 2. The maximum Gasteiger partial charge on any atom is 0.322 e. The number of aromatic nitrogens is 2. The normalized spacial score (nSPS) is 11.4. The number of nitrogens with zero attached hydrogens (tertiary/aromatic N) is 3. The third-order valence-corrected chi connectivity index (χ3v) is 5.40. The maximum atomic E-state index is 14.0. The summed E-state index contributed by atoms with van der Waals surface area (Å²) in [7, 11) is 0.